The van der Waals surface area contributed by atoms with Crippen molar-refractivity contribution < 1.29 is 33.3 Å². The summed E-state index contributed by atoms with van der Waals surface area (Å²) in [4.78, 5) is 35.8. The highest BCUT2D eigenvalue weighted by Crippen LogP contribution is 2.40. The first-order valence-corrected chi connectivity index (χ1v) is 23.6. The van der Waals surface area contributed by atoms with Crippen molar-refractivity contribution in [2.24, 2.45) is 22.7 Å². The molecule has 1 N–H and O–H groups in total. The monoisotopic (exact) mass is 931 g/mol. The van der Waals surface area contributed by atoms with E-state index in [-0.39, 0.29) is 51.0 Å². The average molecular weight is 931 g/mol. The van der Waals surface area contributed by atoms with Gasteiger partial charge >= 0.3 is 11.9 Å². The highest BCUT2D eigenvalue weighted by molar-refractivity contribution is 7.59. The summed E-state index contributed by atoms with van der Waals surface area (Å²) < 4.78 is 22.1. The van der Waals surface area contributed by atoms with Gasteiger partial charge in [-0.15, -0.1) is 0 Å². The fourth-order valence-corrected chi connectivity index (χ4v) is 9.99. The van der Waals surface area contributed by atoms with E-state index < -0.39 is 0 Å². The van der Waals surface area contributed by atoms with Crippen LogP contribution in [0, 0.1) is 22.7 Å². The van der Waals surface area contributed by atoms with E-state index >= 15 is 0 Å². The van der Waals surface area contributed by atoms with Crippen molar-refractivity contribution in [1.29, 1.82) is 0 Å². The normalized spacial score (nSPS) is 23.3. The van der Waals surface area contributed by atoms with Crippen molar-refractivity contribution in [3.8, 4) is 11.5 Å². The number of hydrogen-bond acceptors (Lipinski definition) is 9. The molecule has 11 heteroatoms. The van der Waals surface area contributed by atoms with Crippen molar-refractivity contribution in [2.75, 3.05) is 27.3 Å². The standard InChI is InChI=1S/C27H37NO3.C21H26O2.C6H11NO2.2H2S/c1-27(2,3)22-10-13-23(14-11-22)31-24-12-9-20-16-19(7-8-21(20)17-24)18-28-15-5-6-25(28)26(29)30-4;1-21(2,3)18-7-10-19(11-8-18)23-20-9-6-16-12-15(14-22)4-5-17(16)13-20;1-9-6(8)5-3-2-4-7-5;;/h7-9,12,16-17,22-23,25H,5-6,10-11,13-15,18H2,1-4H3;4-6,9,12-14,18-19H,7-8,10-11H2,1-3H3;5,7H,2-4H2,1H3;2*1H2. The van der Waals surface area contributed by atoms with Gasteiger partial charge in [0, 0.05) is 12.1 Å². The minimum atomic E-state index is -0.132. The number of likely N-dealkylation sites (tertiary alicyclic amines) is 1. The minimum absolute atomic E-state index is 0. The van der Waals surface area contributed by atoms with Gasteiger partial charge in [0.1, 0.15) is 29.9 Å². The Morgan fingerprint density at radius 2 is 1.11 bits per heavy atom. The Balaban J connectivity index is 0.000000239. The summed E-state index contributed by atoms with van der Waals surface area (Å²) in [6.07, 6.45) is 15.1. The summed E-state index contributed by atoms with van der Waals surface area (Å²) in [7, 11) is 2.90. The number of methoxy groups -OCH3 is 2. The highest BCUT2D eigenvalue weighted by Gasteiger charge is 2.33. The number of nitrogens with zero attached hydrogens (tertiary/aromatic N) is 1. The second-order valence-electron chi connectivity index (χ2n) is 20.5. The van der Waals surface area contributed by atoms with Crippen molar-refractivity contribution in [2.45, 2.75) is 149 Å². The second kappa shape index (κ2) is 24.8. The van der Waals surface area contributed by atoms with Gasteiger partial charge in [-0.1, -0.05) is 77.9 Å². The molecule has 8 rings (SSSR count). The van der Waals surface area contributed by atoms with Crippen LogP contribution >= 0.6 is 27.0 Å². The van der Waals surface area contributed by atoms with E-state index in [1.165, 1.54) is 56.2 Å². The fourth-order valence-electron chi connectivity index (χ4n) is 9.99. The Labute approximate surface area is 403 Å². The third kappa shape index (κ3) is 15.4. The van der Waals surface area contributed by atoms with Crippen LogP contribution in [-0.2, 0) is 25.6 Å². The molecule has 0 amide bonds. The Bertz CT molecular complexity index is 2130. The number of ether oxygens (including phenoxy) is 4. The number of carbonyl (C=O) groups is 3. The minimum Gasteiger partial charge on any atom is -0.490 e. The molecule has 2 unspecified atom stereocenters. The van der Waals surface area contributed by atoms with Crippen LogP contribution in [0.3, 0.4) is 0 Å². The van der Waals surface area contributed by atoms with Gasteiger partial charge in [-0.3, -0.25) is 19.3 Å². The fraction of sp³-hybridized carbons (Fsp3) is 0.574. The Hall–Kier alpha value is -3.77. The Morgan fingerprint density at radius 1 is 0.615 bits per heavy atom. The molecule has 0 bridgehead atoms. The predicted molar refractivity (Wildman–Crippen MR) is 274 cm³/mol. The van der Waals surface area contributed by atoms with E-state index in [1.54, 1.807) is 0 Å². The third-order valence-electron chi connectivity index (χ3n) is 14.0. The number of hydrogen-bond donors (Lipinski definition) is 1. The van der Waals surface area contributed by atoms with E-state index in [4.69, 9.17) is 14.2 Å². The largest absolute Gasteiger partial charge is 0.490 e. The SMILES string of the molecule is CC(C)(C)C1CCC(Oc2ccc3cc(C=O)ccc3c2)CC1.COC(=O)C1CCCN1.COC(=O)C1CCCN1Cc1ccc2cc(OC3CCC(C(C)(C)C)CC3)ccc2c1.S.S. The Kier molecular flexibility index (Phi) is 20.6. The molecule has 2 atom stereocenters. The first kappa shape index (κ1) is 53.8. The van der Waals surface area contributed by atoms with Gasteiger partial charge in [-0.2, -0.15) is 27.0 Å². The molecular weight excluding hydrogens is 853 g/mol. The number of esters is 2. The van der Waals surface area contributed by atoms with E-state index in [0.717, 1.165) is 111 Å². The molecule has 2 aliphatic carbocycles. The molecule has 0 spiro atoms. The van der Waals surface area contributed by atoms with Gasteiger partial charge in [0.2, 0.25) is 0 Å². The molecule has 9 nitrogen and oxygen atoms in total. The number of nitrogens with one attached hydrogen (secondary N) is 1. The van der Waals surface area contributed by atoms with Crippen LogP contribution in [-0.4, -0.2) is 74.7 Å². The van der Waals surface area contributed by atoms with Crippen LogP contribution < -0.4 is 14.8 Å². The molecule has 4 aromatic rings. The summed E-state index contributed by atoms with van der Waals surface area (Å²) in [5.74, 6) is 3.28. The van der Waals surface area contributed by atoms with Crippen LogP contribution in [0.5, 0.6) is 11.5 Å². The zero-order valence-corrected chi connectivity index (χ0v) is 42.4. The predicted octanol–water partition coefficient (Wildman–Crippen LogP) is 11.7. The second-order valence-corrected chi connectivity index (χ2v) is 20.5. The summed E-state index contributed by atoms with van der Waals surface area (Å²) >= 11 is 0. The average Bonchev–Trinajstić information content (AvgIpc) is 4.00. The van der Waals surface area contributed by atoms with Crippen LogP contribution in [0.1, 0.15) is 135 Å². The van der Waals surface area contributed by atoms with Crippen molar-refractivity contribution in [3.05, 3.63) is 83.9 Å². The molecule has 4 aliphatic rings. The number of benzene rings is 4. The topological polar surface area (TPSA) is 103 Å². The number of fused-ring (bicyclic) bond motifs is 2. The smallest absolute Gasteiger partial charge is 0.323 e. The number of carbonyl (C=O) groups excluding carboxylic acids is 3. The molecule has 2 aliphatic heterocycles. The van der Waals surface area contributed by atoms with Gasteiger partial charge in [0.05, 0.1) is 26.4 Å². The van der Waals surface area contributed by atoms with Crippen molar-refractivity contribution in [1.82, 2.24) is 10.2 Å². The first-order valence-electron chi connectivity index (χ1n) is 23.6. The Morgan fingerprint density at radius 3 is 1.58 bits per heavy atom. The van der Waals surface area contributed by atoms with Crippen molar-refractivity contribution in [3.63, 3.8) is 0 Å². The van der Waals surface area contributed by atoms with Crippen LogP contribution in [0.4, 0.5) is 0 Å². The van der Waals surface area contributed by atoms with E-state index in [2.05, 4.69) is 99.0 Å². The van der Waals surface area contributed by atoms with Crippen LogP contribution in [0.25, 0.3) is 21.5 Å². The van der Waals surface area contributed by atoms with Gasteiger partial charge in [0.25, 0.3) is 0 Å². The lowest BCUT2D eigenvalue weighted by molar-refractivity contribution is -0.146. The van der Waals surface area contributed by atoms with Gasteiger partial charge in [-0.05, 0) is 176 Å². The van der Waals surface area contributed by atoms with Gasteiger partial charge < -0.3 is 24.3 Å². The molecule has 2 heterocycles. The van der Waals surface area contributed by atoms with E-state index in [9.17, 15) is 14.4 Å². The lowest BCUT2D eigenvalue weighted by Gasteiger charge is -2.37. The lowest BCUT2D eigenvalue weighted by atomic mass is 9.72. The molecule has 65 heavy (non-hydrogen) atoms. The summed E-state index contributed by atoms with van der Waals surface area (Å²) in [5, 5.41) is 7.66. The van der Waals surface area contributed by atoms with Crippen LogP contribution in [0.15, 0.2) is 72.8 Å². The maximum atomic E-state index is 12.0. The summed E-state index contributed by atoms with van der Waals surface area (Å²) in [5.41, 5.74) is 2.76. The number of aldehydes is 1. The zero-order chi connectivity index (χ0) is 45.1. The molecule has 2 saturated heterocycles. The quantitative estimate of drug-likeness (QED) is 0.130. The molecular formula is C54H78N2O7S2. The van der Waals surface area contributed by atoms with Gasteiger partial charge in [0.15, 0.2) is 0 Å². The van der Waals surface area contributed by atoms with Crippen LogP contribution in [0.2, 0.25) is 0 Å². The molecule has 4 fully saturated rings. The molecule has 0 aromatic heterocycles. The summed E-state index contributed by atoms with van der Waals surface area (Å²) in [6, 6.07) is 24.8. The van der Waals surface area contributed by atoms with Gasteiger partial charge in [-0.25, -0.2) is 0 Å². The molecule has 2 saturated carbocycles. The highest BCUT2D eigenvalue weighted by atomic mass is 32.1. The van der Waals surface area contributed by atoms with E-state index in [0.29, 0.717) is 28.6 Å². The zero-order valence-electron chi connectivity index (χ0n) is 40.4. The van der Waals surface area contributed by atoms with Crippen molar-refractivity contribution >= 4 is 66.8 Å². The first-order chi connectivity index (χ1) is 30.1. The number of rotatable bonds is 9. The molecule has 0 radical (unpaired) electrons. The maximum absolute atomic E-state index is 12.0. The maximum Gasteiger partial charge on any atom is 0.323 e. The summed E-state index contributed by atoms with van der Waals surface area (Å²) in [6.45, 7) is 16.8. The molecule has 4 aromatic carbocycles. The third-order valence-corrected chi connectivity index (χ3v) is 14.0. The lowest BCUT2D eigenvalue weighted by Crippen LogP contribution is -2.36. The van der Waals surface area contributed by atoms with E-state index in [1.807, 2.05) is 30.3 Å². The molecule has 358 valence electrons.